The molecule has 0 aromatic heterocycles. The summed E-state index contributed by atoms with van der Waals surface area (Å²) in [6.07, 6.45) is 0. The van der Waals surface area contributed by atoms with Crippen LogP contribution in [0.1, 0.15) is 20.7 Å². The van der Waals surface area contributed by atoms with Crippen LogP contribution in [-0.4, -0.2) is 33.4 Å². The number of ether oxygens (including phenoxy) is 1. The molecule has 2 aromatic carbocycles. The third-order valence-corrected chi connectivity index (χ3v) is 3.24. The Kier molecular flexibility index (Phi) is 5.46. The van der Waals surface area contributed by atoms with E-state index in [2.05, 4.69) is 4.74 Å². The predicted molar refractivity (Wildman–Crippen MR) is 86.0 cm³/mol. The number of non-ortho nitro benzene ring substituents is 2. The molecule has 0 aliphatic rings. The van der Waals surface area contributed by atoms with Gasteiger partial charge in [-0.05, 0) is 24.3 Å². The molecule has 0 spiro atoms. The first kappa shape index (κ1) is 19.1. The molecule has 0 amide bonds. The molecule has 0 aliphatic heterocycles. The number of hydrogen-bond donors (Lipinski definition) is 0. The molecule has 0 N–H and O–H groups in total. The first-order valence-corrected chi connectivity index (χ1v) is 7.04. The Bertz CT molecular complexity index is 883. The second kappa shape index (κ2) is 7.74. The fourth-order valence-electron chi connectivity index (χ4n) is 1.88. The summed E-state index contributed by atoms with van der Waals surface area (Å²) in [7, 11) is 0. The minimum Gasteiger partial charge on any atom is -0.381 e. The maximum absolute atomic E-state index is 11.9. The third kappa shape index (κ3) is 4.42. The van der Waals surface area contributed by atoms with E-state index in [9.17, 15) is 39.4 Å². The molecular weight excluding hydrogens is 364 g/mol. The van der Waals surface area contributed by atoms with E-state index in [1.165, 1.54) is 0 Å². The van der Waals surface area contributed by atoms with Crippen LogP contribution in [0.4, 0.5) is 11.4 Å². The molecule has 11 heteroatoms. The van der Waals surface area contributed by atoms with Gasteiger partial charge in [0.15, 0.2) is 0 Å². The summed E-state index contributed by atoms with van der Waals surface area (Å²) < 4.78 is 4.19. The summed E-state index contributed by atoms with van der Waals surface area (Å²) >= 11 is 0. The van der Waals surface area contributed by atoms with Crippen LogP contribution in [0.15, 0.2) is 48.5 Å². The van der Waals surface area contributed by atoms with Gasteiger partial charge >= 0.3 is 11.9 Å². The highest BCUT2D eigenvalue weighted by atomic mass is 16.6. The molecule has 2 aromatic rings. The van der Waals surface area contributed by atoms with Crippen molar-refractivity contribution >= 4 is 34.9 Å². The highest BCUT2D eigenvalue weighted by molar-refractivity contribution is 6.48. The summed E-state index contributed by atoms with van der Waals surface area (Å²) in [6, 6.07) is 7.87. The number of nitro benzene ring substituents is 2. The quantitative estimate of drug-likeness (QED) is 0.183. The van der Waals surface area contributed by atoms with E-state index in [-0.39, 0.29) is 22.5 Å². The number of benzene rings is 2. The Morgan fingerprint density at radius 3 is 1.19 bits per heavy atom. The van der Waals surface area contributed by atoms with E-state index in [0.717, 1.165) is 48.5 Å². The van der Waals surface area contributed by atoms with Gasteiger partial charge in [0.05, 0.1) is 9.85 Å². The van der Waals surface area contributed by atoms with Crippen LogP contribution in [0.2, 0.25) is 0 Å². The first-order valence-electron chi connectivity index (χ1n) is 7.04. The summed E-state index contributed by atoms with van der Waals surface area (Å²) in [4.78, 5) is 66.7. The third-order valence-electron chi connectivity index (χ3n) is 3.24. The van der Waals surface area contributed by atoms with Gasteiger partial charge in [0.25, 0.3) is 22.9 Å². The van der Waals surface area contributed by atoms with E-state index in [0.29, 0.717) is 0 Å². The molecule has 0 fully saturated rings. The molecule has 0 saturated heterocycles. The molecule has 0 unspecified atom stereocenters. The lowest BCUT2D eigenvalue weighted by Crippen LogP contribution is -2.26. The molecule has 0 aliphatic carbocycles. The van der Waals surface area contributed by atoms with Gasteiger partial charge in [0.1, 0.15) is 0 Å². The molecule has 0 heterocycles. The van der Waals surface area contributed by atoms with E-state index >= 15 is 0 Å². The summed E-state index contributed by atoms with van der Waals surface area (Å²) in [5.74, 6) is -5.86. The molecule has 136 valence electrons. The van der Waals surface area contributed by atoms with Crippen LogP contribution in [-0.2, 0) is 14.3 Å². The first-order chi connectivity index (χ1) is 12.7. The number of rotatable bonds is 6. The fraction of sp³-hybridized carbons (Fsp3) is 0. The lowest BCUT2D eigenvalue weighted by molar-refractivity contribution is -0.385. The van der Waals surface area contributed by atoms with Gasteiger partial charge < -0.3 is 4.74 Å². The van der Waals surface area contributed by atoms with Crippen LogP contribution in [0.3, 0.4) is 0 Å². The summed E-state index contributed by atoms with van der Waals surface area (Å²) in [6.45, 7) is 0. The van der Waals surface area contributed by atoms with Crippen LogP contribution < -0.4 is 0 Å². The van der Waals surface area contributed by atoms with Crippen molar-refractivity contribution in [1.29, 1.82) is 0 Å². The van der Waals surface area contributed by atoms with Crippen molar-refractivity contribution < 1.29 is 33.8 Å². The van der Waals surface area contributed by atoms with Gasteiger partial charge in [-0.15, -0.1) is 0 Å². The number of ketones is 2. The van der Waals surface area contributed by atoms with Crippen molar-refractivity contribution in [2.75, 3.05) is 0 Å². The van der Waals surface area contributed by atoms with Crippen molar-refractivity contribution in [1.82, 2.24) is 0 Å². The molecular formula is C16H8N2O9. The number of nitrogens with zero attached hydrogens (tertiary/aromatic N) is 2. The zero-order valence-electron chi connectivity index (χ0n) is 13.2. The van der Waals surface area contributed by atoms with Gasteiger partial charge in [0.2, 0.25) is 0 Å². The molecule has 0 radical (unpaired) electrons. The van der Waals surface area contributed by atoms with Gasteiger partial charge in [0, 0.05) is 35.4 Å². The minimum atomic E-state index is -1.65. The van der Waals surface area contributed by atoms with Gasteiger partial charge in [-0.25, -0.2) is 9.59 Å². The highest BCUT2D eigenvalue weighted by Crippen LogP contribution is 2.14. The molecule has 0 atom stereocenters. The maximum atomic E-state index is 11.9. The normalized spacial score (nSPS) is 9.93. The molecule has 0 saturated carbocycles. The number of nitro groups is 2. The van der Waals surface area contributed by atoms with Crippen molar-refractivity contribution in [2.24, 2.45) is 0 Å². The predicted octanol–water partition coefficient (Wildman–Crippen LogP) is 1.64. The van der Waals surface area contributed by atoms with Gasteiger partial charge in [-0.3, -0.25) is 29.8 Å². The SMILES string of the molecule is O=C(OC(=O)C(=O)c1ccc([N+](=O)[O-])cc1)C(=O)c1ccc([N+](=O)[O-])cc1. The Morgan fingerprint density at radius 2 is 0.926 bits per heavy atom. The lowest BCUT2D eigenvalue weighted by Gasteiger charge is -2.02. The van der Waals surface area contributed by atoms with Crippen molar-refractivity contribution in [3.05, 3.63) is 79.9 Å². The largest absolute Gasteiger partial charge is 0.387 e. The average molecular weight is 372 g/mol. The molecule has 0 bridgehead atoms. The van der Waals surface area contributed by atoms with Crippen LogP contribution in [0.25, 0.3) is 0 Å². The number of hydrogen-bond acceptors (Lipinski definition) is 9. The van der Waals surface area contributed by atoms with E-state index in [1.54, 1.807) is 0 Å². The van der Waals surface area contributed by atoms with Gasteiger partial charge in [-0.1, -0.05) is 0 Å². The van der Waals surface area contributed by atoms with Crippen LogP contribution in [0, 0.1) is 20.2 Å². The van der Waals surface area contributed by atoms with E-state index < -0.39 is 33.4 Å². The summed E-state index contributed by atoms with van der Waals surface area (Å²) in [5, 5.41) is 21.1. The monoisotopic (exact) mass is 372 g/mol. The second-order valence-corrected chi connectivity index (χ2v) is 4.94. The van der Waals surface area contributed by atoms with Gasteiger partial charge in [-0.2, -0.15) is 0 Å². The van der Waals surface area contributed by atoms with Crippen LogP contribution >= 0.6 is 0 Å². The van der Waals surface area contributed by atoms with Crippen molar-refractivity contribution in [3.8, 4) is 0 Å². The zero-order chi connectivity index (χ0) is 20.1. The highest BCUT2D eigenvalue weighted by Gasteiger charge is 2.27. The minimum absolute atomic E-state index is 0.277. The lowest BCUT2D eigenvalue weighted by atomic mass is 10.1. The van der Waals surface area contributed by atoms with Crippen molar-refractivity contribution in [3.63, 3.8) is 0 Å². The number of esters is 2. The number of carbonyl (C=O) groups is 4. The Balaban J connectivity index is 2.06. The topological polar surface area (TPSA) is 164 Å². The van der Waals surface area contributed by atoms with E-state index in [4.69, 9.17) is 0 Å². The Hall–Kier alpha value is -4.28. The Morgan fingerprint density at radius 1 is 0.630 bits per heavy atom. The molecule has 2 rings (SSSR count). The van der Waals surface area contributed by atoms with Crippen LogP contribution in [0.5, 0.6) is 0 Å². The molecule has 11 nitrogen and oxygen atoms in total. The standard InChI is InChI=1S/C16H8N2O9/c19-13(9-1-5-11(6-2-9)17(23)24)15(21)27-16(22)14(20)10-3-7-12(8-4-10)18(25)26/h1-8H. The number of Topliss-reactive ketones (excluding diaryl/α,β-unsaturated/α-hetero) is 2. The van der Waals surface area contributed by atoms with Crippen molar-refractivity contribution in [2.45, 2.75) is 0 Å². The smallest absolute Gasteiger partial charge is 0.381 e. The maximum Gasteiger partial charge on any atom is 0.387 e. The summed E-state index contributed by atoms with van der Waals surface area (Å²) in [5.41, 5.74) is -1.18. The average Bonchev–Trinajstić information content (AvgIpc) is 2.66. The van der Waals surface area contributed by atoms with E-state index in [1.807, 2.05) is 0 Å². The Labute approximate surface area is 149 Å². The zero-order valence-corrected chi connectivity index (χ0v) is 13.2. The second-order valence-electron chi connectivity index (χ2n) is 4.94. The molecule has 27 heavy (non-hydrogen) atoms. The number of carbonyl (C=O) groups excluding carboxylic acids is 4. The fourth-order valence-corrected chi connectivity index (χ4v) is 1.88.